The van der Waals surface area contributed by atoms with E-state index in [-0.39, 0.29) is 5.91 Å². The Kier molecular flexibility index (Phi) is 7.51. The normalized spacial score (nSPS) is 10.2. The molecule has 2 aromatic carbocycles. The molecule has 142 valence electrons. The summed E-state index contributed by atoms with van der Waals surface area (Å²) in [5.41, 5.74) is 2.00. The number of amides is 1. The molecule has 0 saturated carbocycles. The molecule has 2 aromatic rings. The second-order valence-electron chi connectivity index (χ2n) is 5.96. The van der Waals surface area contributed by atoms with Gasteiger partial charge in [0.25, 0.3) is 5.91 Å². The van der Waals surface area contributed by atoms with Gasteiger partial charge >= 0.3 is 0 Å². The van der Waals surface area contributed by atoms with Gasteiger partial charge in [-0.25, -0.2) is 0 Å². The summed E-state index contributed by atoms with van der Waals surface area (Å²) in [5, 5.41) is 9.26. The molecule has 0 aliphatic heterocycles. The van der Waals surface area contributed by atoms with Crippen molar-refractivity contribution >= 4 is 17.5 Å². The Morgan fingerprint density at radius 3 is 2.48 bits per heavy atom. The molecule has 0 atom stereocenters. The Hall–Kier alpha value is -2.71. The maximum absolute atomic E-state index is 13.1. The van der Waals surface area contributed by atoms with Gasteiger partial charge in [-0.05, 0) is 43.2 Å². The van der Waals surface area contributed by atoms with E-state index in [0.29, 0.717) is 47.3 Å². The molecule has 0 unspecified atom stereocenters. The van der Waals surface area contributed by atoms with Crippen LogP contribution in [0.1, 0.15) is 41.8 Å². The van der Waals surface area contributed by atoms with Gasteiger partial charge in [-0.1, -0.05) is 30.7 Å². The molecule has 0 N–H and O–H groups in total. The molecule has 6 heteroatoms. The maximum atomic E-state index is 13.1. The van der Waals surface area contributed by atoms with E-state index < -0.39 is 0 Å². The molecule has 5 nitrogen and oxygen atoms in total. The van der Waals surface area contributed by atoms with Gasteiger partial charge in [-0.15, -0.1) is 0 Å². The van der Waals surface area contributed by atoms with Crippen molar-refractivity contribution in [1.29, 1.82) is 5.26 Å². The fraction of sp³-hybridized carbons (Fsp3) is 0.333. The van der Waals surface area contributed by atoms with Gasteiger partial charge in [0, 0.05) is 18.7 Å². The number of methoxy groups -OCH3 is 1. The van der Waals surface area contributed by atoms with Crippen molar-refractivity contribution in [2.45, 2.75) is 26.8 Å². The summed E-state index contributed by atoms with van der Waals surface area (Å²) in [7, 11) is 1.52. The van der Waals surface area contributed by atoms with E-state index >= 15 is 0 Å². The predicted molar refractivity (Wildman–Crippen MR) is 105 cm³/mol. The molecule has 0 aliphatic rings. The number of carbonyl (C=O) groups is 1. The summed E-state index contributed by atoms with van der Waals surface area (Å²) in [4.78, 5) is 14.8. The molecule has 0 radical (unpaired) electrons. The highest BCUT2D eigenvalue weighted by Gasteiger charge is 2.20. The number of carbonyl (C=O) groups excluding carboxylic acids is 1. The van der Waals surface area contributed by atoms with Crippen LogP contribution in [0, 0.1) is 11.3 Å². The molecular weight excluding hydrogens is 364 g/mol. The van der Waals surface area contributed by atoms with Crippen LogP contribution in [-0.2, 0) is 6.54 Å². The van der Waals surface area contributed by atoms with Crippen LogP contribution in [0.3, 0.4) is 0 Å². The molecule has 2 rings (SSSR count). The van der Waals surface area contributed by atoms with E-state index in [2.05, 4.69) is 6.07 Å². The van der Waals surface area contributed by atoms with Gasteiger partial charge in [0.05, 0.1) is 30.4 Å². The highest BCUT2D eigenvalue weighted by molar-refractivity contribution is 6.32. The van der Waals surface area contributed by atoms with Crippen molar-refractivity contribution in [1.82, 2.24) is 4.90 Å². The zero-order chi connectivity index (χ0) is 19.8. The molecule has 0 saturated heterocycles. The lowest BCUT2D eigenvalue weighted by Crippen LogP contribution is -2.31. The van der Waals surface area contributed by atoms with Gasteiger partial charge < -0.3 is 14.4 Å². The Balaban J connectivity index is 2.30. The van der Waals surface area contributed by atoms with Gasteiger partial charge in [0.1, 0.15) is 0 Å². The molecule has 0 bridgehead atoms. The van der Waals surface area contributed by atoms with Crippen LogP contribution in [0.15, 0.2) is 36.4 Å². The predicted octanol–water partition coefficient (Wildman–Crippen LogP) is 4.67. The van der Waals surface area contributed by atoms with Crippen LogP contribution in [0.25, 0.3) is 0 Å². The molecule has 27 heavy (non-hydrogen) atoms. The third-order valence-electron chi connectivity index (χ3n) is 4.00. The first-order valence-corrected chi connectivity index (χ1v) is 9.20. The van der Waals surface area contributed by atoms with Crippen molar-refractivity contribution < 1.29 is 14.3 Å². The summed E-state index contributed by atoms with van der Waals surface area (Å²) < 4.78 is 10.9. The summed E-state index contributed by atoms with van der Waals surface area (Å²) in [6.45, 7) is 5.38. The number of hydrogen-bond acceptors (Lipinski definition) is 4. The van der Waals surface area contributed by atoms with Crippen molar-refractivity contribution in [2.24, 2.45) is 0 Å². The van der Waals surface area contributed by atoms with Crippen LogP contribution in [0.4, 0.5) is 0 Å². The fourth-order valence-electron chi connectivity index (χ4n) is 2.74. The zero-order valence-electron chi connectivity index (χ0n) is 15.8. The van der Waals surface area contributed by atoms with Gasteiger partial charge in [-0.2, -0.15) is 5.26 Å². The van der Waals surface area contributed by atoms with Gasteiger partial charge in [-0.3, -0.25) is 4.79 Å². The smallest absolute Gasteiger partial charge is 0.254 e. The highest BCUT2D eigenvalue weighted by atomic mass is 35.5. The molecular formula is C21H23ClN2O3. The number of nitrogens with zero attached hydrogens (tertiary/aromatic N) is 2. The Labute approximate surface area is 165 Å². The summed E-state index contributed by atoms with van der Waals surface area (Å²) in [6, 6.07) is 12.6. The van der Waals surface area contributed by atoms with Crippen molar-refractivity contribution in [3.63, 3.8) is 0 Å². The first-order chi connectivity index (χ1) is 13.0. The minimum Gasteiger partial charge on any atom is -0.493 e. The number of halogens is 1. The Morgan fingerprint density at radius 1 is 1.22 bits per heavy atom. The van der Waals surface area contributed by atoms with Crippen molar-refractivity contribution in [3.05, 3.63) is 58.1 Å². The Morgan fingerprint density at radius 2 is 1.93 bits per heavy atom. The van der Waals surface area contributed by atoms with Crippen LogP contribution < -0.4 is 9.47 Å². The molecule has 0 heterocycles. The lowest BCUT2D eigenvalue weighted by Gasteiger charge is -2.23. The quantitative estimate of drug-likeness (QED) is 0.661. The summed E-state index contributed by atoms with van der Waals surface area (Å²) >= 11 is 6.31. The van der Waals surface area contributed by atoms with Crippen LogP contribution in [0.5, 0.6) is 11.5 Å². The largest absolute Gasteiger partial charge is 0.493 e. The van der Waals surface area contributed by atoms with E-state index in [1.54, 1.807) is 29.2 Å². The topological polar surface area (TPSA) is 62.6 Å². The molecule has 1 amide bonds. The second-order valence-corrected chi connectivity index (χ2v) is 6.37. The maximum Gasteiger partial charge on any atom is 0.254 e. The third kappa shape index (κ3) is 5.15. The lowest BCUT2D eigenvalue weighted by molar-refractivity contribution is 0.0742. The summed E-state index contributed by atoms with van der Waals surface area (Å²) in [5.74, 6) is 0.735. The molecule has 0 aromatic heterocycles. The Bertz CT molecular complexity index is 829. The number of rotatable bonds is 8. The van der Waals surface area contributed by atoms with Crippen LogP contribution in [-0.4, -0.2) is 31.1 Å². The zero-order valence-corrected chi connectivity index (χ0v) is 16.5. The fourth-order valence-corrected chi connectivity index (χ4v) is 3.00. The first-order valence-electron chi connectivity index (χ1n) is 8.82. The minimum atomic E-state index is -0.135. The monoisotopic (exact) mass is 386 g/mol. The first kappa shape index (κ1) is 20.6. The van der Waals surface area contributed by atoms with Crippen molar-refractivity contribution in [3.8, 4) is 17.6 Å². The van der Waals surface area contributed by atoms with E-state index in [1.165, 1.54) is 7.11 Å². The van der Waals surface area contributed by atoms with Crippen LogP contribution in [0.2, 0.25) is 5.02 Å². The SMILES string of the molecule is CCCN(Cc1ccc(C#N)cc1)C(=O)c1cc(Cl)c(OCC)c(OC)c1. The summed E-state index contributed by atoms with van der Waals surface area (Å²) in [6.07, 6.45) is 0.823. The number of benzene rings is 2. The van der Waals surface area contributed by atoms with E-state index in [0.717, 1.165) is 12.0 Å². The minimum absolute atomic E-state index is 0.135. The van der Waals surface area contributed by atoms with E-state index in [4.69, 9.17) is 26.3 Å². The molecule has 0 spiro atoms. The lowest BCUT2D eigenvalue weighted by atomic mass is 10.1. The van der Waals surface area contributed by atoms with Crippen LogP contribution >= 0.6 is 11.6 Å². The number of nitriles is 1. The molecule has 0 fully saturated rings. The average molecular weight is 387 g/mol. The molecule has 0 aliphatic carbocycles. The second kappa shape index (κ2) is 9.84. The van der Waals surface area contributed by atoms with Gasteiger partial charge in [0.15, 0.2) is 11.5 Å². The van der Waals surface area contributed by atoms with E-state index in [9.17, 15) is 4.79 Å². The van der Waals surface area contributed by atoms with E-state index in [1.807, 2.05) is 26.0 Å². The highest BCUT2D eigenvalue weighted by Crippen LogP contribution is 2.36. The standard InChI is InChI=1S/C21H23ClN2O3/c1-4-10-24(14-16-8-6-15(13-23)7-9-16)21(25)17-11-18(22)20(27-5-2)19(12-17)26-3/h6-9,11-12H,4-5,10,14H2,1-3H3. The third-order valence-corrected chi connectivity index (χ3v) is 4.28. The average Bonchev–Trinajstić information content (AvgIpc) is 2.69. The van der Waals surface area contributed by atoms with Crippen molar-refractivity contribution in [2.75, 3.05) is 20.3 Å². The van der Waals surface area contributed by atoms with Gasteiger partial charge in [0.2, 0.25) is 0 Å². The number of ether oxygens (including phenoxy) is 2. The number of hydrogen-bond donors (Lipinski definition) is 0.